The van der Waals surface area contributed by atoms with Gasteiger partial charge in [-0.05, 0) is 30.7 Å². The quantitative estimate of drug-likeness (QED) is 0.873. The molecule has 4 nitrogen and oxygen atoms in total. The number of amides is 1. The van der Waals surface area contributed by atoms with Gasteiger partial charge in [0.1, 0.15) is 0 Å². The molecule has 2 fully saturated rings. The summed E-state index contributed by atoms with van der Waals surface area (Å²) < 4.78 is 5.41. The second-order valence-electron chi connectivity index (χ2n) is 6.48. The maximum absolute atomic E-state index is 12.3. The minimum atomic E-state index is 0.160. The van der Waals surface area contributed by atoms with Crippen molar-refractivity contribution in [3.05, 3.63) is 35.9 Å². The molecule has 1 heterocycles. The summed E-state index contributed by atoms with van der Waals surface area (Å²) in [5, 5.41) is 6.60. The van der Waals surface area contributed by atoms with E-state index >= 15 is 0 Å². The van der Waals surface area contributed by atoms with Crippen molar-refractivity contribution in [3.8, 4) is 0 Å². The van der Waals surface area contributed by atoms with Crippen LogP contribution >= 0.6 is 0 Å². The first-order valence-corrected chi connectivity index (χ1v) is 8.45. The van der Waals surface area contributed by atoms with E-state index in [4.69, 9.17) is 4.74 Å². The van der Waals surface area contributed by atoms with Crippen LogP contribution in [0.1, 0.15) is 31.2 Å². The number of hydrogen-bond acceptors (Lipinski definition) is 3. The van der Waals surface area contributed by atoms with Crippen molar-refractivity contribution in [2.45, 2.75) is 44.2 Å². The highest BCUT2D eigenvalue weighted by Gasteiger charge is 2.29. The molecule has 22 heavy (non-hydrogen) atoms. The number of nitrogens with one attached hydrogen (secondary N) is 2. The summed E-state index contributed by atoms with van der Waals surface area (Å²) >= 11 is 0. The topological polar surface area (TPSA) is 50.4 Å². The van der Waals surface area contributed by atoms with E-state index in [1.165, 1.54) is 18.4 Å². The van der Waals surface area contributed by atoms with Gasteiger partial charge in [0, 0.05) is 25.0 Å². The number of carbonyl (C=O) groups is 1. The van der Waals surface area contributed by atoms with Crippen LogP contribution in [0.3, 0.4) is 0 Å². The van der Waals surface area contributed by atoms with E-state index in [0.717, 1.165) is 26.0 Å². The highest BCUT2D eigenvalue weighted by atomic mass is 16.5. The Labute approximate surface area is 132 Å². The number of rotatable bonds is 5. The van der Waals surface area contributed by atoms with Crippen LogP contribution in [0.25, 0.3) is 0 Å². The van der Waals surface area contributed by atoms with Gasteiger partial charge in [0.05, 0.1) is 13.2 Å². The van der Waals surface area contributed by atoms with Crippen molar-refractivity contribution in [1.29, 1.82) is 0 Å². The maximum Gasteiger partial charge on any atom is 0.221 e. The Kier molecular flexibility index (Phi) is 5.46. The molecular weight excluding hydrogens is 276 g/mol. The smallest absolute Gasteiger partial charge is 0.221 e. The van der Waals surface area contributed by atoms with Crippen LogP contribution in [0.2, 0.25) is 0 Å². The van der Waals surface area contributed by atoms with E-state index in [1.807, 2.05) is 0 Å². The monoisotopic (exact) mass is 302 g/mol. The molecule has 1 saturated heterocycles. The van der Waals surface area contributed by atoms with Gasteiger partial charge in [-0.25, -0.2) is 0 Å². The minimum Gasteiger partial charge on any atom is -0.378 e. The van der Waals surface area contributed by atoms with Crippen LogP contribution in [0.15, 0.2) is 30.3 Å². The van der Waals surface area contributed by atoms with Crippen LogP contribution in [0, 0.1) is 5.92 Å². The lowest BCUT2D eigenvalue weighted by Crippen LogP contribution is -2.46. The highest BCUT2D eigenvalue weighted by molar-refractivity contribution is 5.77. The maximum atomic E-state index is 12.3. The predicted molar refractivity (Wildman–Crippen MR) is 86.6 cm³/mol. The Morgan fingerprint density at radius 1 is 1.27 bits per heavy atom. The normalized spacial score (nSPS) is 28.5. The third kappa shape index (κ3) is 4.31. The van der Waals surface area contributed by atoms with Crippen molar-refractivity contribution in [2.24, 2.45) is 5.92 Å². The molecule has 4 heteroatoms. The molecule has 1 aromatic carbocycles. The lowest BCUT2D eigenvalue weighted by molar-refractivity contribution is -0.123. The molecular formula is C18H26N2O2. The number of morpholine rings is 1. The molecule has 1 aromatic rings. The zero-order valence-corrected chi connectivity index (χ0v) is 13.1. The molecule has 2 N–H and O–H groups in total. The number of benzene rings is 1. The van der Waals surface area contributed by atoms with Crippen LogP contribution < -0.4 is 10.6 Å². The molecule has 0 aromatic heterocycles. The third-order valence-electron chi connectivity index (χ3n) is 4.78. The zero-order chi connectivity index (χ0) is 15.2. The summed E-state index contributed by atoms with van der Waals surface area (Å²) in [5.41, 5.74) is 1.37. The fourth-order valence-corrected chi connectivity index (χ4v) is 3.63. The lowest BCUT2D eigenvalue weighted by atomic mass is 9.94. The van der Waals surface area contributed by atoms with Crippen LogP contribution in [0.4, 0.5) is 0 Å². The van der Waals surface area contributed by atoms with E-state index in [1.54, 1.807) is 0 Å². The molecule has 120 valence electrons. The van der Waals surface area contributed by atoms with E-state index < -0.39 is 0 Å². The summed E-state index contributed by atoms with van der Waals surface area (Å²) in [6.07, 6.45) is 5.13. The second kappa shape index (κ2) is 7.75. The third-order valence-corrected chi connectivity index (χ3v) is 4.78. The average Bonchev–Trinajstić information content (AvgIpc) is 2.96. The molecule has 1 amide bonds. The van der Waals surface area contributed by atoms with Crippen LogP contribution in [-0.4, -0.2) is 37.7 Å². The Balaban J connectivity index is 1.49. The Morgan fingerprint density at radius 3 is 2.91 bits per heavy atom. The molecule has 0 radical (unpaired) electrons. The Bertz CT molecular complexity index is 471. The highest BCUT2D eigenvalue weighted by Crippen LogP contribution is 2.29. The van der Waals surface area contributed by atoms with E-state index in [2.05, 4.69) is 41.0 Å². The molecule has 1 aliphatic carbocycles. The molecule has 3 atom stereocenters. The van der Waals surface area contributed by atoms with Gasteiger partial charge in [-0.3, -0.25) is 4.79 Å². The van der Waals surface area contributed by atoms with Gasteiger partial charge in [0.2, 0.25) is 5.91 Å². The fraction of sp³-hybridized carbons (Fsp3) is 0.611. The van der Waals surface area contributed by atoms with Gasteiger partial charge in [-0.2, -0.15) is 0 Å². The first-order chi connectivity index (χ1) is 10.8. The molecule has 3 unspecified atom stereocenters. The van der Waals surface area contributed by atoms with Crippen molar-refractivity contribution >= 4 is 5.91 Å². The molecule has 2 aliphatic rings. The summed E-state index contributed by atoms with van der Waals surface area (Å²) in [6, 6.07) is 11.1. The summed E-state index contributed by atoms with van der Waals surface area (Å²) in [5.74, 6) is 0.731. The van der Waals surface area contributed by atoms with Crippen molar-refractivity contribution in [2.75, 3.05) is 19.8 Å². The largest absolute Gasteiger partial charge is 0.378 e. The van der Waals surface area contributed by atoms with Crippen LogP contribution in [0.5, 0.6) is 0 Å². The lowest BCUT2D eigenvalue weighted by Gasteiger charge is -2.25. The summed E-state index contributed by atoms with van der Waals surface area (Å²) in [7, 11) is 0. The average molecular weight is 302 g/mol. The molecule has 1 aliphatic heterocycles. The van der Waals surface area contributed by atoms with Crippen molar-refractivity contribution in [1.82, 2.24) is 10.6 Å². The predicted octanol–water partition coefficient (Wildman–Crippen LogP) is 1.89. The van der Waals surface area contributed by atoms with Gasteiger partial charge in [0.25, 0.3) is 0 Å². The van der Waals surface area contributed by atoms with Gasteiger partial charge in [-0.15, -0.1) is 0 Å². The zero-order valence-electron chi connectivity index (χ0n) is 13.1. The number of hydrogen-bond donors (Lipinski definition) is 2. The standard InChI is InChI=1S/C18H26N2O2/c21-18(12-16-13-22-10-9-19-16)20-17-8-4-7-15(17)11-14-5-2-1-3-6-14/h1-3,5-6,15-17,19H,4,7-13H2,(H,20,21). The molecule has 0 bridgehead atoms. The van der Waals surface area contributed by atoms with Crippen LogP contribution in [-0.2, 0) is 16.0 Å². The van der Waals surface area contributed by atoms with Crippen molar-refractivity contribution < 1.29 is 9.53 Å². The van der Waals surface area contributed by atoms with Gasteiger partial charge in [0.15, 0.2) is 0 Å². The summed E-state index contributed by atoms with van der Waals surface area (Å²) in [4.78, 5) is 12.3. The van der Waals surface area contributed by atoms with E-state index in [9.17, 15) is 4.79 Å². The van der Waals surface area contributed by atoms with Crippen molar-refractivity contribution in [3.63, 3.8) is 0 Å². The van der Waals surface area contributed by atoms with E-state index in [-0.39, 0.29) is 11.9 Å². The minimum absolute atomic E-state index is 0.160. The number of carbonyl (C=O) groups excluding carboxylic acids is 1. The first kappa shape index (κ1) is 15.5. The number of ether oxygens (including phenoxy) is 1. The van der Waals surface area contributed by atoms with Gasteiger partial charge < -0.3 is 15.4 Å². The first-order valence-electron chi connectivity index (χ1n) is 8.45. The molecule has 0 spiro atoms. The summed E-state index contributed by atoms with van der Waals surface area (Å²) in [6.45, 7) is 2.24. The Hall–Kier alpha value is -1.39. The van der Waals surface area contributed by atoms with Gasteiger partial charge in [-0.1, -0.05) is 36.8 Å². The SMILES string of the molecule is O=C(CC1COCCN1)NC1CCCC1Cc1ccccc1. The Morgan fingerprint density at radius 2 is 2.14 bits per heavy atom. The van der Waals surface area contributed by atoms with E-state index in [0.29, 0.717) is 25.0 Å². The second-order valence-corrected chi connectivity index (χ2v) is 6.48. The molecule has 1 saturated carbocycles. The fourth-order valence-electron chi connectivity index (χ4n) is 3.63. The van der Waals surface area contributed by atoms with Gasteiger partial charge >= 0.3 is 0 Å². The molecule has 3 rings (SSSR count).